The second kappa shape index (κ2) is 8.39. The van der Waals surface area contributed by atoms with Crippen LogP contribution in [0.25, 0.3) is 0 Å². The van der Waals surface area contributed by atoms with E-state index in [1.165, 1.54) is 0 Å². The van der Waals surface area contributed by atoms with Crippen molar-refractivity contribution in [3.8, 4) is 11.5 Å². The summed E-state index contributed by atoms with van der Waals surface area (Å²) >= 11 is 0. The van der Waals surface area contributed by atoms with E-state index in [2.05, 4.69) is 12.2 Å². The molecule has 2 atom stereocenters. The molecule has 0 saturated carbocycles. The Bertz CT molecular complexity index is 667. The van der Waals surface area contributed by atoms with Gasteiger partial charge in [0.05, 0.1) is 13.2 Å². The fraction of sp³-hybridized carbons (Fsp3) is 0.350. The van der Waals surface area contributed by atoms with Gasteiger partial charge in [0.25, 0.3) is 5.91 Å². The fourth-order valence-electron chi connectivity index (χ4n) is 2.46. The minimum absolute atomic E-state index is 0.101. The zero-order valence-electron chi connectivity index (χ0n) is 14.7. The summed E-state index contributed by atoms with van der Waals surface area (Å²) in [5.41, 5.74) is 2.12. The van der Waals surface area contributed by atoms with Crippen LogP contribution in [0.3, 0.4) is 0 Å². The van der Waals surface area contributed by atoms with E-state index in [-0.39, 0.29) is 11.9 Å². The summed E-state index contributed by atoms with van der Waals surface area (Å²) in [6.45, 7) is 5.79. The molecule has 2 aromatic carbocycles. The van der Waals surface area contributed by atoms with Gasteiger partial charge in [0, 0.05) is 0 Å². The van der Waals surface area contributed by atoms with E-state index in [9.17, 15) is 4.79 Å². The van der Waals surface area contributed by atoms with Crippen LogP contribution >= 0.6 is 0 Å². The van der Waals surface area contributed by atoms with Crippen molar-refractivity contribution >= 4 is 5.91 Å². The number of para-hydroxylation sites is 1. The van der Waals surface area contributed by atoms with Crippen molar-refractivity contribution in [1.29, 1.82) is 0 Å². The standard InChI is InChI=1S/C20H25NO3/c1-5-16-8-6-7-9-19(16)24-15(3)20(22)21-14(2)17-10-12-18(23-4)13-11-17/h6-15H,5H2,1-4H3,(H,21,22)/t14-,15-/m1/s1. The smallest absolute Gasteiger partial charge is 0.261 e. The Morgan fingerprint density at radius 3 is 2.38 bits per heavy atom. The summed E-state index contributed by atoms with van der Waals surface area (Å²) in [5, 5.41) is 2.99. The van der Waals surface area contributed by atoms with Crippen LogP contribution in [-0.2, 0) is 11.2 Å². The Morgan fingerprint density at radius 2 is 1.75 bits per heavy atom. The maximum atomic E-state index is 12.4. The van der Waals surface area contributed by atoms with E-state index < -0.39 is 6.10 Å². The van der Waals surface area contributed by atoms with Gasteiger partial charge in [-0.05, 0) is 49.6 Å². The number of amides is 1. The number of hydrogen-bond donors (Lipinski definition) is 1. The Balaban J connectivity index is 1.97. The fourth-order valence-corrected chi connectivity index (χ4v) is 2.46. The zero-order chi connectivity index (χ0) is 17.5. The first kappa shape index (κ1) is 17.9. The van der Waals surface area contributed by atoms with Gasteiger partial charge in [-0.15, -0.1) is 0 Å². The van der Waals surface area contributed by atoms with Crippen molar-refractivity contribution in [3.05, 3.63) is 59.7 Å². The van der Waals surface area contributed by atoms with Crippen LogP contribution in [0.5, 0.6) is 11.5 Å². The summed E-state index contributed by atoms with van der Waals surface area (Å²) in [7, 11) is 1.63. The van der Waals surface area contributed by atoms with E-state index in [1.54, 1.807) is 14.0 Å². The van der Waals surface area contributed by atoms with Gasteiger partial charge in [-0.1, -0.05) is 37.3 Å². The monoisotopic (exact) mass is 327 g/mol. The Hall–Kier alpha value is -2.49. The van der Waals surface area contributed by atoms with Crippen LogP contribution in [0.2, 0.25) is 0 Å². The average molecular weight is 327 g/mol. The number of carbonyl (C=O) groups is 1. The van der Waals surface area contributed by atoms with Gasteiger partial charge in [-0.2, -0.15) is 0 Å². The van der Waals surface area contributed by atoms with Crippen molar-refractivity contribution in [2.24, 2.45) is 0 Å². The molecule has 0 unspecified atom stereocenters. The summed E-state index contributed by atoms with van der Waals surface area (Å²) in [4.78, 5) is 12.4. The number of methoxy groups -OCH3 is 1. The average Bonchev–Trinajstić information content (AvgIpc) is 2.62. The highest BCUT2D eigenvalue weighted by atomic mass is 16.5. The highest BCUT2D eigenvalue weighted by molar-refractivity contribution is 5.81. The quantitative estimate of drug-likeness (QED) is 0.839. The molecule has 2 aromatic rings. The number of aryl methyl sites for hydroxylation is 1. The maximum Gasteiger partial charge on any atom is 0.261 e. The molecular formula is C20H25NO3. The molecule has 0 spiro atoms. The van der Waals surface area contributed by atoms with Gasteiger partial charge < -0.3 is 14.8 Å². The van der Waals surface area contributed by atoms with E-state index in [4.69, 9.17) is 9.47 Å². The van der Waals surface area contributed by atoms with Crippen LogP contribution in [0.1, 0.15) is 37.9 Å². The largest absolute Gasteiger partial charge is 0.497 e. The molecule has 1 amide bonds. The third-order valence-corrected chi connectivity index (χ3v) is 4.00. The van der Waals surface area contributed by atoms with Crippen molar-refractivity contribution in [3.63, 3.8) is 0 Å². The highest BCUT2D eigenvalue weighted by Crippen LogP contribution is 2.21. The highest BCUT2D eigenvalue weighted by Gasteiger charge is 2.18. The van der Waals surface area contributed by atoms with Crippen molar-refractivity contribution in [2.75, 3.05) is 7.11 Å². The van der Waals surface area contributed by atoms with Gasteiger partial charge in [0.2, 0.25) is 0 Å². The van der Waals surface area contributed by atoms with Gasteiger partial charge >= 0.3 is 0 Å². The predicted octanol–water partition coefficient (Wildman–Crippen LogP) is 3.90. The lowest BCUT2D eigenvalue weighted by Gasteiger charge is -2.20. The van der Waals surface area contributed by atoms with Crippen LogP contribution < -0.4 is 14.8 Å². The lowest BCUT2D eigenvalue weighted by atomic mass is 10.1. The normalized spacial score (nSPS) is 13.0. The molecule has 0 aliphatic rings. The molecule has 24 heavy (non-hydrogen) atoms. The van der Waals surface area contributed by atoms with E-state index in [0.29, 0.717) is 0 Å². The SMILES string of the molecule is CCc1ccccc1O[C@H](C)C(=O)N[C@H](C)c1ccc(OC)cc1. The number of carbonyl (C=O) groups excluding carboxylic acids is 1. The summed E-state index contributed by atoms with van der Waals surface area (Å²) < 4.78 is 11.0. The summed E-state index contributed by atoms with van der Waals surface area (Å²) in [6, 6.07) is 15.4. The molecule has 0 bridgehead atoms. The molecule has 0 aliphatic carbocycles. The molecule has 128 valence electrons. The molecule has 0 radical (unpaired) electrons. The molecule has 4 nitrogen and oxygen atoms in total. The van der Waals surface area contributed by atoms with Crippen LogP contribution in [0, 0.1) is 0 Å². The minimum Gasteiger partial charge on any atom is -0.497 e. The molecule has 0 heterocycles. The van der Waals surface area contributed by atoms with Crippen LogP contribution in [-0.4, -0.2) is 19.1 Å². The first-order chi connectivity index (χ1) is 11.5. The summed E-state index contributed by atoms with van der Waals surface area (Å²) in [6.07, 6.45) is 0.311. The molecule has 0 aromatic heterocycles. The lowest BCUT2D eigenvalue weighted by molar-refractivity contribution is -0.127. The van der Waals surface area contributed by atoms with Crippen LogP contribution in [0.15, 0.2) is 48.5 Å². The van der Waals surface area contributed by atoms with E-state index >= 15 is 0 Å². The third kappa shape index (κ3) is 4.51. The molecule has 0 aliphatic heterocycles. The summed E-state index contributed by atoms with van der Waals surface area (Å²) in [5.74, 6) is 1.43. The zero-order valence-corrected chi connectivity index (χ0v) is 14.7. The topological polar surface area (TPSA) is 47.6 Å². The number of hydrogen-bond acceptors (Lipinski definition) is 3. The molecular weight excluding hydrogens is 302 g/mol. The first-order valence-corrected chi connectivity index (χ1v) is 8.24. The second-order valence-electron chi connectivity index (χ2n) is 5.72. The Morgan fingerprint density at radius 1 is 1.08 bits per heavy atom. The van der Waals surface area contributed by atoms with E-state index in [0.717, 1.165) is 29.0 Å². The first-order valence-electron chi connectivity index (χ1n) is 8.24. The molecule has 0 fully saturated rings. The molecule has 4 heteroatoms. The van der Waals surface area contributed by atoms with Gasteiger partial charge in [0.1, 0.15) is 11.5 Å². The predicted molar refractivity (Wildman–Crippen MR) is 95.5 cm³/mol. The minimum atomic E-state index is -0.557. The van der Waals surface area contributed by atoms with Crippen molar-refractivity contribution < 1.29 is 14.3 Å². The Labute approximate surface area is 143 Å². The number of nitrogens with one attached hydrogen (secondary N) is 1. The number of rotatable bonds is 7. The van der Waals surface area contributed by atoms with Crippen molar-refractivity contribution in [2.45, 2.75) is 39.3 Å². The maximum absolute atomic E-state index is 12.4. The second-order valence-corrected chi connectivity index (χ2v) is 5.72. The molecule has 2 rings (SSSR count). The Kier molecular flexibility index (Phi) is 6.24. The van der Waals surface area contributed by atoms with Gasteiger partial charge in [-0.3, -0.25) is 4.79 Å². The third-order valence-electron chi connectivity index (χ3n) is 4.00. The van der Waals surface area contributed by atoms with E-state index in [1.807, 2.05) is 55.5 Å². The molecule has 1 N–H and O–H groups in total. The molecule has 0 saturated heterocycles. The van der Waals surface area contributed by atoms with Gasteiger partial charge in [0.15, 0.2) is 6.10 Å². The number of ether oxygens (including phenoxy) is 2. The number of benzene rings is 2. The van der Waals surface area contributed by atoms with Crippen LogP contribution in [0.4, 0.5) is 0 Å². The van der Waals surface area contributed by atoms with Crippen molar-refractivity contribution in [1.82, 2.24) is 5.32 Å². The lowest BCUT2D eigenvalue weighted by Crippen LogP contribution is -2.37. The van der Waals surface area contributed by atoms with Gasteiger partial charge in [-0.25, -0.2) is 0 Å².